The maximum atomic E-state index is 13.1. The minimum atomic E-state index is -3.72. The largest absolute Gasteiger partial charge is 0.467 e. The monoisotopic (exact) mass is 410 g/mol. The highest BCUT2D eigenvalue weighted by molar-refractivity contribution is 7.92. The third kappa shape index (κ3) is 4.19. The average Bonchev–Trinajstić information content (AvgIpc) is 3.39. The second-order valence-electron chi connectivity index (χ2n) is 7.13. The Labute approximate surface area is 170 Å². The van der Waals surface area contributed by atoms with E-state index < -0.39 is 10.0 Å². The van der Waals surface area contributed by atoms with Crippen LogP contribution >= 0.6 is 0 Å². The van der Waals surface area contributed by atoms with Gasteiger partial charge in [-0.3, -0.25) is 9.52 Å². The van der Waals surface area contributed by atoms with Crippen molar-refractivity contribution in [3.8, 4) is 0 Å². The Bertz CT molecular complexity index is 1070. The molecule has 0 bridgehead atoms. The van der Waals surface area contributed by atoms with Crippen LogP contribution in [-0.4, -0.2) is 25.3 Å². The van der Waals surface area contributed by atoms with Crippen molar-refractivity contribution in [1.82, 2.24) is 4.90 Å². The van der Waals surface area contributed by atoms with E-state index in [0.29, 0.717) is 11.3 Å². The average molecular weight is 410 g/mol. The molecule has 1 aliphatic carbocycles. The summed E-state index contributed by atoms with van der Waals surface area (Å²) in [6.45, 7) is 1.94. The van der Waals surface area contributed by atoms with Gasteiger partial charge in [-0.1, -0.05) is 18.2 Å². The van der Waals surface area contributed by atoms with Gasteiger partial charge in [0.15, 0.2) is 0 Å². The number of sulfonamides is 1. The van der Waals surface area contributed by atoms with Crippen molar-refractivity contribution in [3.63, 3.8) is 0 Å². The molecule has 1 fully saturated rings. The molecule has 4 rings (SSSR count). The molecule has 1 saturated carbocycles. The smallest absolute Gasteiger partial charge is 0.261 e. The zero-order valence-electron chi connectivity index (χ0n) is 16.0. The van der Waals surface area contributed by atoms with Crippen LogP contribution in [0.15, 0.2) is 82.3 Å². The lowest BCUT2D eigenvalue weighted by molar-refractivity contribution is 0.0652. The molecule has 7 heteroatoms. The van der Waals surface area contributed by atoms with Crippen molar-refractivity contribution in [2.24, 2.45) is 0 Å². The second-order valence-corrected chi connectivity index (χ2v) is 8.81. The Morgan fingerprint density at radius 1 is 1.03 bits per heavy atom. The number of nitrogens with zero attached hydrogens (tertiary/aromatic N) is 1. The molecule has 6 nitrogen and oxygen atoms in total. The zero-order chi connectivity index (χ0) is 20.4. The summed E-state index contributed by atoms with van der Waals surface area (Å²) >= 11 is 0. The van der Waals surface area contributed by atoms with Crippen molar-refractivity contribution in [1.29, 1.82) is 0 Å². The summed E-state index contributed by atoms with van der Waals surface area (Å²) < 4.78 is 33.2. The van der Waals surface area contributed by atoms with Crippen LogP contribution in [0.2, 0.25) is 0 Å². The maximum absolute atomic E-state index is 13.1. The Balaban J connectivity index is 1.54. The molecule has 0 saturated heterocycles. The number of anilines is 1. The lowest BCUT2D eigenvalue weighted by atomic mass is 10.1. The molecule has 0 spiro atoms. The van der Waals surface area contributed by atoms with Gasteiger partial charge >= 0.3 is 0 Å². The van der Waals surface area contributed by atoms with E-state index >= 15 is 0 Å². The summed E-state index contributed by atoms with van der Waals surface area (Å²) in [7, 11) is -3.72. The molecule has 3 aromatic rings. The van der Waals surface area contributed by atoms with E-state index in [1.807, 2.05) is 24.0 Å². The fourth-order valence-electron chi connectivity index (χ4n) is 3.32. The molecule has 2 aromatic carbocycles. The van der Waals surface area contributed by atoms with Crippen molar-refractivity contribution in [3.05, 3.63) is 84.3 Å². The van der Waals surface area contributed by atoms with Gasteiger partial charge in [-0.05, 0) is 68.3 Å². The number of nitrogens with one attached hydrogen (secondary N) is 1. The third-order valence-electron chi connectivity index (χ3n) is 4.98. The maximum Gasteiger partial charge on any atom is 0.261 e. The minimum Gasteiger partial charge on any atom is -0.467 e. The number of benzene rings is 2. The lowest BCUT2D eigenvalue weighted by Gasteiger charge is -2.28. The summed E-state index contributed by atoms with van der Waals surface area (Å²) in [5.41, 5.74) is 0.939. The number of rotatable bonds is 7. The Kier molecular flexibility index (Phi) is 5.15. The highest BCUT2D eigenvalue weighted by atomic mass is 32.2. The van der Waals surface area contributed by atoms with Crippen LogP contribution in [0.3, 0.4) is 0 Å². The summed E-state index contributed by atoms with van der Waals surface area (Å²) in [6.07, 6.45) is 3.52. The molecule has 150 valence electrons. The van der Waals surface area contributed by atoms with Crippen LogP contribution in [0.4, 0.5) is 5.69 Å². The molecule has 1 amide bonds. The number of carbonyl (C=O) groups excluding carboxylic acids is 1. The van der Waals surface area contributed by atoms with E-state index in [4.69, 9.17) is 4.42 Å². The molecule has 1 unspecified atom stereocenters. The van der Waals surface area contributed by atoms with E-state index in [9.17, 15) is 13.2 Å². The number of furan rings is 1. The fourth-order valence-corrected chi connectivity index (χ4v) is 4.38. The minimum absolute atomic E-state index is 0.106. The van der Waals surface area contributed by atoms with Gasteiger partial charge in [0.1, 0.15) is 5.76 Å². The molecular weight excluding hydrogens is 388 g/mol. The van der Waals surface area contributed by atoms with Crippen LogP contribution in [-0.2, 0) is 10.0 Å². The second kappa shape index (κ2) is 7.75. The van der Waals surface area contributed by atoms with Crippen molar-refractivity contribution >= 4 is 21.6 Å². The van der Waals surface area contributed by atoms with Crippen LogP contribution in [0, 0.1) is 0 Å². The van der Waals surface area contributed by atoms with E-state index in [1.165, 1.54) is 12.1 Å². The summed E-state index contributed by atoms with van der Waals surface area (Å²) in [5.74, 6) is 0.605. The first-order chi connectivity index (χ1) is 14.0. The SMILES string of the molecule is CC(c1ccco1)N(C(=O)c1ccc(S(=O)(=O)Nc2ccccc2)cc1)C1CC1. The topological polar surface area (TPSA) is 79.6 Å². The van der Waals surface area contributed by atoms with E-state index in [-0.39, 0.29) is 22.9 Å². The van der Waals surface area contributed by atoms with Crippen LogP contribution < -0.4 is 4.72 Å². The Hall–Kier alpha value is -3.06. The molecule has 29 heavy (non-hydrogen) atoms. The van der Waals surface area contributed by atoms with Gasteiger partial charge in [0.25, 0.3) is 15.9 Å². The van der Waals surface area contributed by atoms with Crippen molar-refractivity contribution in [2.45, 2.75) is 36.7 Å². The third-order valence-corrected chi connectivity index (χ3v) is 6.38. The Morgan fingerprint density at radius 2 is 1.72 bits per heavy atom. The van der Waals surface area contributed by atoms with Crippen molar-refractivity contribution in [2.75, 3.05) is 4.72 Å². The van der Waals surface area contributed by atoms with Crippen LogP contribution in [0.5, 0.6) is 0 Å². The predicted octanol–water partition coefficient (Wildman–Crippen LogP) is 4.45. The van der Waals surface area contributed by atoms with Crippen LogP contribution in [0.25, 0.3) is 0 Å². The quantitative estimate of drug-likeness (QED) is 0.624. The van der Waals surface area contributed by atoms with Crippen LogP contribution in [0.1, 0.15) is 41.9 Å². The highest BCUT2D eigenvalue weighted by Crippen LogP contribution is 2.35. The normalized spacial score (nSPS) is 14.9. The first-order valence-corrected chi connectivity index (χ1v) is 11.0. The predicted molar refractivity (Wildman–Crippen MR) is 110 cm³/mol. The first-order valence-electron chi connectivity index (χ1n) is 9.50. The number of hydrogen-bond donors (Lipinski definition) is 1. The van der Waals surface area contributed by atoms with Gasteiger partial charge in [0, 0.05) is 17.3 Å². The molecule has 0 aliphatic heterocycles. The first kappa shape index (κ1) is 19.3. The molecule has 1 aliphatic rings. The molecule has 1 aromatic heterocycles. The summed E-state index contributed by atoms with van der Waals surface area (Å²) in [4.78, 5) is 15.1. The van der Waals surface area contributed by atoms with Gasteiger partial charge in [-0.15, -0.1) is 0 Å². The molecule has 1 heterocycles. The molecule has 0 radical (unpaired) electrons. The standard InChI is InChI=1S/C22H22N2O4S/c1-16(21-8-5-15-28-21)24(19-11-12-19)22(25)17-9-13-20(14-10-17)29(26,27)23-18-6-3-2-4-7-18/h2-10,13-16,19,23H,11-12H2,1H3. The summed E-state index contributed by atoms with van der Waals surface area (Å²) in [5, 5.41) is 0. The van der Waals surface area contributed by atoms with Gasteiger partial charge < -0.3 is 9.32 Å². The van der Waals surface area contributed by atoms with E-state index in [2.05, 4.69) is 4.72 Å². The zero-order valence-corrected chi connectivity index (χ0v) is 16.8. The number of carbonyl (C=O) groups is 1. The number of hydrogen-bond acceptors (Lipinski definition) is 4. The highest BCUT2D eigenvalue weighted by Gasteiger charge is 2.37. The van der Waals surface area contributed by atoms with E-state index in [1.54, 1.807) is 48.7 Å². The molecule has 1 atom stereocenters. The number of para-hydroxylation sites is 1. The van der Waals surface area contributed by atoms with Gasteiger partial charge in [-0.2, -0.15) is 0 Å². The van der Waals surface area contributed by atoms with E-state index in [0.717, 1.165) is 18.6 Å². The molecule has 1 N–H and O–H groups in total. The van der Waals surface area contributed by atoms with Crippen molar-refractivity contribution < 1.29 is 17.6 Å². The van der Waals surface area contributed by atoms with Gasteiger partial charge in [-0.25, -0.2) is 8.42 Å². The molecular formula is C22H22N2O4S. The lowest BCUT2D eigenvalue weighted by Crippen LogP contribution is -2.35. The Morgan fingerprint density at radius 3 is 2.31 bits per heavy atom. The summed E-state index contributed by atoms with van der Waals surface area (Å²) in [6, 6.07) is 18.4. The van der Waals surface area contributed by atoms with Gasteiger partial charge in [0.05, 0.1) is 17.2 Å². The fraction of sp³-hybridized carbons (Fsp3) is 0.227. The van der Waals surface area contributed by atoms with Gasteiger partial charge in [0.2, 0.25) is 0 Å². The number of amides is 1.